The van der Waals surface area contributed by atoms with Crippen molar-refractivity contribution in [1.82, 2.24) is 20.8 Å². The van der Waals surface area contributed by atoms with Crippen molar-refractivity contribution in [1.29, 1.82) is 0 Å². The molecule has 0 saturated heterocycles. The molecule has 0 spiro atoms. The van der Waals surface area contributed by atoms with Crippen LogP contribution in [0.1, 0.15) is 50.4 Å². The van der Waals surface area contributed by atoms with Gasteiger partial charge in [-0.1, -0.05) is 42.7 Å². The molecular formula is C19H29ClIN5O. The minimum absolute atomic E-state index is 0. The molecule has 1 heterocycles. The van der Waals surface area contributed by atoms with Gasteiger partial charge in [-0.05, 0) is 37.5 Å². The van der Waals surface area contributed by atoms with Gasteiger partial charge in [-0.2, -0.15) is 4.98 Å². The summed E-state index contributed by atoms with van der Waals surface area (Å²) in [6, 6.07) is 7.92. The predicted molar refractivity (Wildman–Crippen MR) is 121 cm³/mol. The van der Waals surface area contributed by atoms with Crippen LogP contribution in [0.3, 0.4) is 0 Å². The summed E-state index contributed by atoms with van der Waals surface area (Å²) in [5, 5.41) is 11.4. The second-order valence-electron chi connectivity index (χ2n) is 6.37. The van der Waals surface area contributed by atoms with Crippen LogP contribution in [0, 0.1) is 0 Å². The summed E-state index contributed by atoms with van der Waals surface area (Å²) in [6.45, 7) is 8.51. The maximum absolute atomic E-state index is 5.91. The Morgan fingerprint density at radius 3 is 2.56 bits per heavy atom. The third-order valence-electron chi connectivity index (χ3n) is 3.78. The Balaban J connectivity index is 0.00000364. The molecule has 8 heteroatoms. The van der Waals surface area contributed by atoms with Gasteiger partial charge in [0.25, 0.3) is 0 Å². The predicted octanol–water partition coefficient (Wildman–Crippen LogP) is 4.19. The molecule has 0 unspecified atom stereocenters. The normalized spacial score (nSPS) is 11.4. The van der Waals surface area contributed by atoms with Crippen molar-refractivity contribution in [2.24, 2.45) is 4.99 Å². The van der Waals surface area contributed by atoms with Crippen LogP contribution in [0.15, 0.2) is 33.8 Å². The van der Waals surface area contributed by atoms with Crippen LogP contribution in [-0.2, 0) is 12.8 Å². The van der Waals surface area contributed by atoms with E-state index in [4.69, 9.17) is 16.1 Å². The topological polar surface area (TPSA) is 75.3 Å². The summed E-state index contributed by atoms with van der Waals surface area (Å²) < 4.78 is 5.25. The monoisotopic (exact) mass is 505 g/mol. The molecule has 0 bridgehead atoms. The van der Waals surface area contributed by atoms with E-state index in [0.717, 1.165) is 49.2 Å². The highest BCUT2D eigenvalue weighted by molar-refractivity contribution is 14.0. The highest BCUT2D eigenvalue weighted by Crippen LogP contribution is 2.11. The van der Waals surface area contributed by atoms with E-state index in [9.17, 15) is 0 Å². The van der Waals surface area contributed by atoms with Crippen molar-refractivity contribution in [2.75, 3.05) is 19.6 Å². The zero-order chi connectivity index (χ0) is 18.8. The quantitative estimate of drug-likeness (QED) is 0.231. The lowest BCUT2D eigenvalue weighted by Gasteiger charge is -2.11. The van der Waals surface area contributed by atoms with Crippen molar-refractivity contribution < 1.29 is 4.52 Å². The first-order chi connectivity index (χ1) is 12.6. The van der Waals surface area contributed by atoms with Crippen LogP contribution < -0.4 is 10.6 Å². The first-order valence-electron chi connectivity index (χ1n) is 9.17. The van der Waals surface area contributed by atoms with Gasteiger partial charge in [-0.15, -0.1) is 24.0 Å². The second-order valence-corrected chi connectivity index (χ2v) is 6.80. The third-order valence-corrected chi connectivity index (χ3v) is 4.03. The van der Waals surface area contributed by atoms with Crippen molar-refractivity contribution in [3.63, 3.8) is 0 Å². The van der Waals surface area contributed by atoms with Gasteiger partial charge in [-0.3, -0.25) is 4.99 Å². The minimum Gasteiger partial charge on any atom is -0.357 e. The maximum Gasteiger partial charge on any atom is 0.226 e. The first kappa shape index (κ1) is 23.7. The molecule has 0 saturated carbocycles. The van der Waals surface area contributed by atoms with Crippen LogP contribution in [0.5, 0.6) is 0 Å². The van der Waals surface area contributed by atoms with Gasteiger partial charge in [0.2, 0.25) is 5.89 Å². The number of aromatic nitrogens is 2. The van der Waals surface area contributed by atoms with Gasteiger partial charge in [-0.25, -0.2) is 0 Å². The van der Waals surface area contributed by atoms with Crippen molar-refractivity contribution in [3.8, 4) is 0 Å². The van der Waals surface area contributed by atoms with Crippen LogP contribution in [0.4, 0.5) is 0 Å². The number of hydrogen-bond donors (Lipinski definition) is 2. The highest BCUT2D eigenvalue weighted by Gasteiger charge is 2.09. The molecular weight excluding hydrogens is 477 g/mol. The Bertz CT molecular complexity index is 688. The average molecular weight is 506 g/mol. The Morgan fingerprint density at radius 1 is 1.19 bits per heavy atom. The summed E-state index contributed by atoms with van der Waals surface area (Å²) in [7, 11) is 0. The smallest absolute Gasteiger partial charge is 0.226 e. The fraction of sp³-hybridized carbons (Fsp3) is 0.526. The Morgan fingerprint density at radius 2 is 1.93 bits per heavy atom. The number of nitrogens with one attached hydrogen (secondary N) is 2. The first-order valence-corrected chi connectivity index (χ1v) is 9.55. The highest BCUT2D eigenvalue weighted by atomic mass is 127. The lowest BCUT2D eigenvalue weighted by molar-refractivity contribution is 0.369. The number of benzene rings is 1. The standard InChI is InChI=1S/C19H28ClN5O.HI/c1-4-21-19(23-13-11-15-7-9-16(20)10-8-15)22-12-5-6-17-24-18(14(2)3)25-26-17;/h7-10,14H,4-6,11-13H2,1-3H3,(H2,21,22,23);1H. The number of rotatable bonds is 9. The number of halogens is 2. The molecule has 27 heavy (non-hydrogen) atoms. The minimum atomic E-state index is 0. The average Bonchev–Trinajstić information content (AvgIpc) is 3.09. The molecule has 0 aliphatic carbocycles. The number of aliphatic imine (C=N–C) groups is 1. The van der Waals surface area contributed by atoms with E-state index < -0.39 is 0 Å². The number of hydrogen-bond acceptors (Lipinski definition) is 4. The van der Waals surface area contributed by atoms with Crippen molar-refractivity contribution in [2.45, 2.75) is 46.0 Å². The Hall–Kier alpha value is -1.35. The molecule has 1 aromatic heterocycles. The maximum atomic E-state index is 5.91. The van der Waals surface area contributed by atoms with Gasteiger partial charge >= 0.3 is 0 Å². The van der Waals surface area contributed by atoms with Gasteiger partial charge in [0.05, 0.1) is 0 Å². The molecule has 6 nitrogen and oxygen atoms in total. The number of aryl methyl sites for hydroxylation is 1. The summed E-state index contributed by atoms with van der Waals surface area (Å²) in [6.07, 6.45) is 2.53. The second kappa shape index (κ2) is 12.9. The zero-order valence-corrected chi connectivity index (χ0v) is 19.3. The summed E-state index contributed by atoms with van der Waals surface area (Å²) in [5.74, 6) is 2.57. The lowest BCUT2D eigenvalue weighted by atomic mass is 10.1. The van der Waals surface area contributed by atoms with Gasteiger partial charge in [0.15, 0.2) is 11.8 Å². The molecule has 2 rings (SSSR count). The van der Waals surface area contributed by atoms with E-state index in [1.165, 1.54) is 5.56 Å². The SMILES string of the molecule is CCNC(=NCCCc1nc(C(C)C)no1)NCCc1ccc(Cl)cc1.I. The van der Waals surface area contributed by atoms with E-state index in [0.29, 0.717) is 12.4 Å². The van der Waals surface area contributed by atoms with Gasteiger partial charge in [0, 0.05) is 37.0 Å². The fourth-order valence-electron chi connectivity index (χ4n) is 2.34. The summed E-state index contributed by atoms with van der Waals surface area (Å²) in [4.78, 5) is 8.98. The van der Waals surface area contributed by atoms with E-state index in [1.54, 1.807) is 0 Å². The van der Waals surface area contributed by atoms with Crippen molar-refractivity contribution in [3.05, 3.63) is 46.6 Å². The van der Waals surface area contributed by atoms with Crippen molar-refractivity contribution >= 4 is 41.5 Å². The van der Waals surface area contributed by atoms with Gasteiger partial charge < -0.3 is 15.2 Å². The lowest BCUT2D eigenvalue weighted by Crippen LogP contribution is -2.38. The van der Waals surface area contributed by atoms with E-state index in [2.05, 4.69) is 46.5 Å². The zero-order valence-electron chi connectivity index (χ0n) is 16.2. The summed E-state index contributed by atoms with van der Waals surface area (Å²) in [5.41, 5.74) is 1.25. The van der Waals surface area contributed by atoms with E-state index in [-0.39, 0.29) is 29.9 Å². The van der Waals surface area contributed by atoms with Crippen LogP contribution >= 0.6 is 35.6 Å². The Kier molecular flexibility index (Phi) is 11.3. The summed E-state index contributed by atoms with van der Waals surface area (Å²) >= 11 is 5.91. The molecule has 1 aromatic carbocycles. The third kappa shape index (κ3) is 8.92. The molecule has 2 aromatic rings. The van der Waals surface area contributed by atoms with Crippen LogP contribution in [0.2, 0.25) is 5.02 Å². The molecule has 0 aliphatic rings. The molecule has 0 radical (unpaired) electrons. The number of guanidine groups is 1. The van der Waals surface area contributed by atoms with Crippen LogP contribution in [0.25, 0.3) is 0 Å². The Labute approximate surface area is 183 Å². The molecule has 2 N–H and O–H groups in total. The molecule has 0 amide bonds. The van der Waals surface area contributed by atoms with E-state index >= 15 is 0 Å². The molecule has 0 aliphatic heterocycles. The van der Waals surface area contributed by atoms with E-state index in [1.807, 2.05) is 24.3 Å². The van der Waals surface area contributed by atoms with Gasteiger partial charge in [0.1, 0.15) is 0 Å². The van der Waals surface area contributed by atoms with Crippen LogP contribution in [-0.4, -0.2) is 35.7 Å². The molecule has 150 valence electrons. The fourth-order valence-corrected chi connectivity index (χ4v) is 2.47. The largest absolute Gasteiger partial charge is 0.357 e. The number of nitrogens with zero attached hydrogens (tertiary/aromatic N) is 3. The molecule has 0 atom stereocenters. The molecule has 0 fully saturated rings.